The standard InChI is InChI=1S/C7H4N4/c8-2-5-1-6-7(9-3-5)4-10-11-6/h3-4H,1H2. The summed E-state index contributed by atoms with van der Waals surface area (Å²) in [6.45, 7) is 0. The molecule has 0 aromatic rings. The maximum absolute atomic E-state index is 8.53. The second-order valence-electron chi connectivity index (χ2n) is 2.25. The Balaban J connectivity index is 2.39. The van der Waals surface area contributed by atoms with E-state index in [-0.39, 0.29) is 0 Å². The second kappa shape index (κ2) is 2.13. The van der Waals surface area contributed by atoms with Crippen molar-refractivity contribution in [2.75, 3.05) is 0 Å². The Bertz CT molecular complexity index is 351. The summed E-state index contributed by atoms with van der Waals surface area (Å²) in [5.74, 6) is 0. The first-order chi connectivity index (χ1) is 5.40. The maximum atomic E-state index is 8.53. The zero-order chi connectivity index (χ0) is 7.68. The van der Waals surface area contributed by atoms with E-state index in [9.17, 15) is 0 Å². The van der Waals surface area contributed by atoms with Gasteiger partial charge in [0.2, 0.25) is 0 Å². The van der Waals surface area contributed by atoms with Crippen LogP contribution >= 0.6 is 0 Å². The van der Waals surface area contributed by atoms with Crippen molar-refractivity contribution >= 4 is 17.6 Å². The maximum Gasteiger partial charge on any atom is 0.107 e. The molecule has 4 heteroatoms. The van der Waals surface area contributed by atoms with E-state index >= 15 is 0 Å². The minimum atomic E-state index is 0.565. The molecular formula is C7H4N4. The zero-order valence-corrected chi connectivity index (χ0v) is 5.65. The minimum absolute atomic E-state index is 0.565. The molecule has 0 aliphatic carbocycles. The van der Waals surface area contributed by atoms with Crippen LogP contribution in [0.5, 0.6) is 0 Å². The molecule has 2 aliphatic heterocycles. The Labute approximate surface area is 63.3 Å². The molecule has 4 nitrogen and oxygen atoms in total. The number of allylic oxidation sites excluding steroid dienone is 1. The van der Waals surface area contributed by atoms with Crippen molar-refractivity contribution in [2.24, 2.45) is 15.2 Å². The topological polar surface area (TPSA) is 60.9 Å². The molecule has 0 aromatic heterocycles. The van der Waals surface area contributed by atoms with E-state index in [0.29, 0.717) is 12.0 Å². The molecule has 2 heterocycles. The van der Waals surface area contributed by atoms with E-state index in [1.165, 1.54) is 0 Å². The fourth-order valence-corrected chi connectivity index (χ4v) is 0.955. The van der Waals surface area contributed by atoms with Crippen LogP contribution in [-0.2, 0) is 0 Å². The highest BCUT2D eigenvalue weighted by molar-refractivity contribution is 6.64. The molecule has 0 unspecified atom stereocenters. The van der Waals surface area contributed by atoms with Crippen LogP contribution in [0, 0.1) is 11.3 Å². The highest BCUT2D eigenvalue weighted by Crippen LogP contribution is 2.11. The summed E-state index contributed by atoms with van der Waals surface area (Å²) in [5.41, 5.74) is 2.21. The highest BCUT2D eigenvalue weighted by atomic mass is 15.2. The second-order valence-corrected chi connectivity index (χ2v) is 2.25. The minimum Gasteiger partial charge on any atom is -0.252 e. The van der Waals surface area contributed by atoms with E-state index in [4.69, 9.17) is 5.26 Å². The molecule has 11 heavy (non-hydrogen) atoms. The van der Waals surface area contributed by atoms with E-state index in [0.717, 1.165) is 11.4 Å². The summed E-state index contributed by atoms with van der Waals surface area (Å²) >= 11 is 0. The van der Waals surface area contributed by atoms with Crippen molar-refractivity contribution in [1.29, 1.82) is 5.26 Å². The smallest absolute Gasteiger partial charge is 0.107 e. The number of nitrogens with zero attached hydrogens (tertiary/aromatic N) is 4. The molecule has 2 aliphatic rings. The van der Waals surface area contributed by atoms with E-state index in [1.807, 2.05) is 6.07 Å². The average Bonchev–Trinajstić information content (AvgIpc) is 2.50. The first-order valence-electron chi connectivity index (χ1n) is 3.17. The van der Waals surface area contributed by atoms with Crippen LogP contribution in [0.2, 0.25) is 0 Å². The molecule has 52 valence electrons. The summed E-state index contributed by atoms with van der Waals surface area (Å²) < 4.78 is 0. The van der Waals surface area contributed by atoms with Gasteiger partial charge in [-0.15, -0.1) is 0 Å². The lowest BCUT2D eigenvalue weighted by Crippen LogP contribution is -2.14. The summed E-state index contributed by atoms with van der Waals surface area (Å²) in [6.07, 6.45) is 3.72. The third kappa shape index (κ3) is 0.867. The lowest BCUT2D eigenvalue weighted by Gasteiger charge is -2.02. The molecule has 0 fully saturated rings. The van der Waals surface area contributed by atoms with Crippen molar-refractivity contribution < 1.29 is 0 Å². The van der Waals surface area contributed by atoms with Gasteiger partial charge < -0.3 is 0 Å². The molecule has 0 aromatic carbocycles. The summed E-state index contributed by atoms with van der Waals surface area (Å²) in [6, 6.07) is 2.03. The molecule has 2 rings (SSSR count). The van der Waals surface area contributed by atoms with E-state index < -0.39 is 0 Å². The van der Waals surface area contributed by atoms with Crippen molar-refractivity contribution in [3.63, 3.8) is 0 Å². The number of hydrogen-bond acceptors (Lipinski definition) is 4. The summed E-state index contributed by atoms with van der Waals surface area (Å²) in [7, 11) is 0. The van der Waals surface area contributed by atoms with Gasteiger partial charge in [-0.3, -0.25) is 4.99 Å². The lowest BCUT2D eigenvalue weighted by molar-refractivity contribution is 1.22. The van der Waals surface area contributed by atoms with Crippen molar-refractivity contribution in [2.45, 2.75) is 6.42 Å². The summed E-state index contributed by atoms with van der Waals surface area (Å²) in [5, 5.41) is 16.0. The fraction of sp³-hybridized carbons (Fsp3) is 0.143. The Morgan fingerprint density at radius 2 is 2.45 bits per heavy atom. The quantitative estimate of drug-likeness (QED) is 0.493. The van der Waals surface area contributed by atoms with Crippen molar-refractivity contribution in [3.05, 3.63) is 11.8 Å². The molecular weight excluding hydrogens is 140 g/mol. The van der Waals surface area contributed by atoms with Crippen molar-refractivity contribution in [3.8, 4) is 6.07 Å². The highest BCUT2D eigenvalue weighted by Gasteiger charge is 2.16. The van der Waals surface area contributed by atoms with Crippen molar-refractivity contribution in [1.82, 2.24) is 0 Å². The van der Waals surface area contributed by atoms with Gasteiger partial charge in [-0.1, -0.05) is 0 Å². The molecule has 0 spiro atoms. The molecule has 0 saturated heterocycles. The van der Waals surface area contributed by atoms with Gasteiger partial charge in [-0.25, -0.2) is 0 Å². The molecule has 0 amide bonds. The molecule has 0 bridgehead atoms. The molecule has 0 atom stereocenters. The Morgan fingerprint density at radius 3 is 3.27 bits per heavy atom. The van der Waals surface area contributed by atoms with Crippen LogP contribution in [0.25, 0.3) is 0 Å². The van der Waals surface area contributed by atoms with Crippen LogP contribution in [-0.4, -0.2) is 17.6 Å². The van der Waals surface area contributed by atoms with Crippen LogP contribution in [0.4, 0.5) is 0 Å². The zero-order valence-electron chi connectivity index (χ0n) is 5.65. The van der Waals surface area contributed by atoms with Crippen LogP contribution < -0.4 is 0 Å². The van der Waals surface area contributed by atoms with Gasteiger partial charge in [-0.2, -0.15) is 15.5 Å². The van der Waals surface area contributed by atoms with Gasteiger partial charge in [0.1, 0.15) is 5.71 Å². The number of hydrogen-bond donors (Lipinski definition) is 0. The largest absolute Gasteiger partial charge is 0.252 e. The van der Waals surface area contributed by atoms with Gasteiger partial charge in [0.15, 0.2) is 0 Å². The van der Waals surface area contributed by atoms with Crippen LogP contribution in [0.3, 0.4) is 0 Å². The van der Waals surface area contributed by atoms with Gasteiger partial charge in [0.25, 0.3) is 0 Å². The number of rotatable bonds is 0. The average molecular weight is 144 g/mol. The van der Waals surface area contributed by atoms with E-state index in [1.54, 1.807) is 12.4 Å². The predicted molar refractivity (Wildman–Crippen MR) is 41.7 cm³/mol. The van der Waals surface area contributed by atoms with Gasteiger partial charge >= 0.3 is 0 Å². The van der Waals surface area contributed by atoms with Gasteiger partial charge in [-0.05, 0) is 0 Å². The Morgan fingerprint density at radius 1 is 1.55 bits per heavy atom. The number of aliphatic imine (C=N–C) groups is 1. The molecule has 0 N–H and O–H groups in total. The first-order valence-corrected chi connectivity index (χ1v) is 3.17. The lowest BCUT2D eigenvalue weighted by atomic mass is 10.1. The number of nitriles is 1. The normalized spacial score (nSPS) is 19.7. The van der Waals surface area contributed by atoms with Gasteiger partial charge in [0, 0.05) is 12.6 Å². The predicted octanol–water partition coefficient (Wildman–Crippen LogP) is 0.679. The molecule has 0 radical (unpaired) electrons. The Kier molecular flexibility index (Phi) is 1.16. The third-order valence-corrected chi connectivity index (χ3v) is 1.52. The van der Waals surface area contributed by atoms with E-state index in [2.05, 4.69) is 15.2 Å². The fourth-order valence-electron chi connectivity index (χ4n) is 0.955. The summed E-state index contributed by atoms with van der Waals surface area (Å²) in [4.78, 5) is 4.00. The van der Waals surface area contributed by atoms with Crippen LogP contribution in [0.15, 0.2) is 27.0 Å². The molecule has 0 saturated carbocycles. The first kappa shape index (κ1) is 5.98. The van der Waals surface area contributed by atoms with Crippen LogP contribution in [0.1, 0.15) is 6.42 Å². The SMILES string of the molecule is N#CC1=CN=C2C=NN=C2C1. The third-order valence-electron chi connectivity index (χ3n) is 1.52. The van der Waals surface area contributed by atoms with Gasteiger partial charge in [0.05, 0.1) is 23.6 Å². The monoisotopic (exact) mass is 144 g/mol. The Hall–Kier alpha value is -1.76. The number of fused-ring (bicyclic) bond motifs is 1.